The van der Waals surface area contributed by atoms with E-state index in [1.807, 2.05) is 126 Å². The maximum Gasteiger partial charge on any atom is 0.235 e. The van der Waals surface area contributed by atoms with E-state index in [1.54, 1.807) is 19.3 Å². The van der Waals surface area contributed by atoms with Crippen LogP contribution in [0.4, 0.5) is 0 Å². The minimum atomic E-state index is -2.65. The van der Waals surface area contributed by atoms with E-state index < -0.39 is 6.85 Å². The van der Waals surface area contributed by atoms with E-state index in [4.69, 9.17) is 19.9 Å². The molecule has 0 amide bonds. The molecule has 0 unspecified atom stereocenters. The fourth-order valence-electron chi connectivity index (χ4n) is 8.69. The van der Waals surface area contributed by atoms with Crippen molar-refractivity contribution in [1.82, 2.24) is 33.6 Å². The van der Waals surface area contributed by atoms with Gasteiger partial charge in [0.1, 0.15) is 34.6 Å². The topological polar surface area (TPSA) is 84.8 Å². The molecule has 0 radical (unpaired) electrons. The van der Waals surface area contributed by atoms with Gasteiger partial charge in [-0.05, 0) is 105 Å². The van der Waals surface area contributed by atoms with Gasteiger partial charge in [-0.3, -0.25) is 13.7 Å². The summed E-state index contributed by atoms with van der Waals surface area (Å²) >= 11 is 0. The SMILES string of the molecule is [2H]c1c(C)nc(-n2c3cc(Oc4ccc5c6ccccc6n(-c6ccccn6)c5c4)ccc3c3ccc(Oc4ccc5c6ccccc6n(-c6ccccn6)c5c4)cc32)nc1C([2H])([2H])[2H]. The van der Waals surface area contributed by atoms with E-state index >= 15 is 0 Å². The molecule has 0 aliphatic carbocycles. The van der Waals surface area contributed by atoms with Gasteiger partial charge >= 0.3 is 0 Å². The molecule has 290 valence electrons. The number of hydrogen-bond acceptors (Lipinski definition) is 6. The van der Waals surface area contributed by atoms with Crippen LogP contribution in [-0.2, 0) is 0 Å². The van der Waals surface area contributed by atoms with Crippen LogP contribution in [0.25, 0.3) is 83.0 Å². The highest BCUT2D eigenvalue weighted by molar-refractivity contribution is 6.11. The molecule has 9 heteroatoms. The fraction of sp³-hybridized carbons (Fsp3) is 0.0385. The molecule has 6 heterocycles. The Hall–Kier alpha value is -8.30. The van der Waals surface area contributed by atoms with Crippen LogP contribution < -0.4 is 9.47 Å². The summed E-state index contributed by atoms with van der Waals surface area (Å²) in [6.07, 6.45) is 3.57. The highest BCUT2D eigenvalue weighted by Gasteiger charge is 2.19. The lowest BCUT2D eigenvalue weighted by Crippen LogP contribution is -2.03. The van der Waals surface area contributed by atoms with E-state index in [1.165, 1.54) is 0 Å². The molecule has 0 aliphatic rings. The Morgan fingerprint density at radius 2 is 0.820 bits per heavy atom. The summed E-state index contributed by atoms with van der Waals surface area (Å²) in [5.41, 5.74) is 5.21. The Morgan fingerprint density at radius 3 is 1.25 bits per heavy atom. The highest BCUT2D eigenvalue weighted by atomic mass is 16.5. The van der Waals surface area contributed by atoms with Gasteiger partial charge in [0.2, 0.25) is 5.95 Å². The second-order valence-corrected chi connectivity index (χ2v) is 14.9. The summed E-state index contributed by atoms with van der Waals surface area (Å²) in [6, 6.07) is 51.7. The van der Waals surface area contributed by atoms with Crippen molar-refractivity contribution in [3.8, 4) is 40.6 Å². The average molecular weight is 794 g/mol. The third-order valence-corrected chi connectivity index (χ3v) is 11.2. The van der Waals surface area contributed by atoms with Crippen molar-refractivity contribution in [3.05, 3.63) is 188 Å². The lowest BCUT2D eigenvalue weighted by molar-refractivity contribution is 0.484. The van der Waals surface area contributed by atoms with Gasteiger partial charge in [-0.2, -0.15) is 0 Å². The first-order valence-electron chi connectivity index (χ1n) is 21.9. The number of aryl methyl sites for hydroxylation is 2. The second kappa shape index (κ2) is 13.6. The summed E-state index contributed by atoms with van der Waals surface area (Å²) in [5, 5.41) is 6.06. The Labute approximate surface area is 355 Å². The average Bonchev–Trinajstić information content (AvgIpc) is 3.94. The Kier molecular flexibility index (Phi) is 6.87. The van der Waals surface area contributed by atoms with E-state index in [0.717, 1.165) is 66.0 Å². The third kappa shape index (κ3) is 5.70. The molecule has 0 N–H and O–H groups in total. The minimum Gasteiger partial charge on any atom is -0.457 e. The highest BCUT2D eigenvalue weighted by Crippen LogP contribution is 2.40. The number of aromatic nitrogens is 7. The maximum atomic E-state index is 8.60. The summed E-state index contributed by atoms with van der Waals surface area (Å²) in [6.45, 7) is -1.02. The van der Waals surface area contributed by atoms with E-state index in [0.29, 0.717) is 34.0 Å². The molecule has 0 aliphatic heterocycles. The Bertz CT molecular complexity index is 3650. The molecule has 6 aromatic carbocycles. The third-order valence-electron chi connectivity index (χ3n) is 11.2. The summed E-state index contributed by atoms with van der Waals surface area (Å²) in [4.78, 5) is 18.6. The Balaban J connectivity index is 0.999. The van der Waals surface area contributed by atoms with E-state index in [-0.39, 0.29) is 23.4 Å². The first-order chi connectivity index (χ1) is 31.7. The van der Waals surface area contributed by atoms with Crippen molar-refractivity contribution in [1.29, 1.82) is 0 Å². The molecule has 0 spiro atoms. The van der Waals surface area contributed by atoms with Gasteiger partial charge in [0.05, 0.1) is 34.5 Å². The number of hydrogen-bond donors (Lipinski definition) is 0. The van der Waals surface area contributed by atoms with E-state index in [9.17, 15) is 0 Å². The molecule has 9 nitrogen and oxygen atoms in total. The van der Waals surface area contributed by atoms with Gasteiger partial charge in [-0.15, -0.1) is 0 Å². The van der Waals surface area contributed by atoms with Gasteiger partial charge in [-0.1, -0.05) is 48.5 Å². The summed E-state index contributed by atoms with van der Waals surface area (Å²) in [7, 11) is 0. The van der Waals surface area contributed by atoms with Gasteiger partial charge < -0.3 is 9.47 Å². The minimum absolute atomic E-state index is 0.113. The van der Waals surface area contributed by atoms with Crippen LogP contribution in [0.2, 0.25) is 0 Å². The fourth-order valence-corrected chi connectivity index (χ4v) is 8.69. The second-order valence-electron chi connectivity index (χ2n) is 14.9. The molecular weight excluding hydrogens is 755 g/mol. The molecular formula is C52H35N7O2. The predicted molar refractivity (Wildman–Crippen MR) is 243 cm³/mol. The van der Waals surface area contributed by atoms with Crippen LogP contribution in [0.5, 0.6) is 23.0 Å². The first kappa shape index (κ1) is 30.7. The molecule has 0 saturated heterocycles. The first-order valence-corrected chi connectivity index (χ1v) is 19.9. The van der Waals surface area contributed by atoms with Crippen molar-refractivity contribution in [2.75, 3.05) is 0 Å². The number of nitrogens with zero attached hydrogens (tertiary/aromatic N) is 7. The zero-order valence-electron chi connectivity index (χ0n) is 36.6. The molecule has 0 fully saturated rings. The number of rotatable bonds is 7. The monoisotopic (exact) mass is 793 g/mol. The lowest BCUT2D eigenvalue weighted by atomic mass is 10.1. The van der Waals surface area contributed by atoms with E-state index in [2.05, 4.69) is 60.5 Å². The maximum absolute atomic E-state index is 8.60. The standard InChI is InChI=1S/C52H35N7O2/c1-32-27-33(2)56-52(55-32)59-48-30-36(60-34-17-21-40-38-11-3-5-13-44(38)57(46(40)28-34)50-15-7-9-25-53-50)19-23-42(48)43-24-20-37(31-49(43)59)61-35-18-22-41-39-12-4-6-14-45(39)58(47(41)29-35)51-16-8-10-26-54-51/h3-31H,1-2H3/i1D3,27D. The van der Waals surface area contributed by atoms with Gasteiger partial charge in [0, 0.05) is 84.5 Å². The number of ether oxygens (including phenoxy) is 2. The van der Waals surface area contributed by atoms with Crippen LogP contribution in [-0.4, -0.2) is 33.6 Å². The van der Waals surface area contributed by atoms with Crippen molar-refractivity contribution >= 4 is 65.4 Å². The molecule has 0 bridgehead atoms. The predicted octanol–water partition coefficient (Wildman–Crippen LogP) is 12.8. The zero-order chi connectivity index (χ0) is 44.0. The van der Waals surface area contributed by atoms with Crippen LogP contribution in [0.15, 0.2) is 176 Å². The van der Waals surface area contributed by atoms with Gasteiger partial charge in [0.15, 0.2) is 0 Å². The number of pyridine rings is 2. The molecule has 6 aromatic heterocycles. The van der Waals surface area contributed by atoms with Crippen LogP contribution in [0.1, 0.15) is 16.9 Å². The van der Waals surface area contributed by atoms with Crippen molar-refractivity contribution < 1.29 is 15.0 Å². The quantitative estimate of drug-likeness (QED) is 0.160. The Morgan fingerprint density at radius 1 is 0.426 bits per heavy atom. The largest absolute Gasteiger partial charge is 0.457 e. The van der Waals surface area contributed by atoms with Crippen molar-refractivity contribution in [2.45, 2.75) is 13.8 Å². The molecule has 12 rings (SSSR count). The molecule has 0 atom stereocenters. The van der Waals surface area contributed by atoms with Gasteiger partial charge in [0.25, 0.3) is 0 Å². The van der Waals surface area contributed by atoms with Crippen LogP contribution >= 0.6 is 0 Å². The van der Waals surface area contributed by atoms with Crippen LogP contribution in [0.3, 0.4) is 0 Å². The number of benzene rings is 6. The zero-order valence-corrected chi connectivity index (χ0v) is 32.6. The van der Waals surface area contributed by atoms with Crippen molar-refractivity contribution in [2.24, 2.45) is 0 Å². The molecule has 12 aromatic rings. The summed E-state index contributed by atoms with van der Waals surface area (Å²) < 4.78 is 52.8. The summed E-state index contributed by atoms with van der Waals surface area (Å²) in [5.74, 6) is 4.02. The smallest absolute Gasteiger partial charge is 0.235 e. The normalized spacial score (nSPS) is 12.9. The molecule has 0 saturated carbocycles. The number of fused-ring (bicyclic) bond motifs is 9. The van der Waals surface area contributed by atoms with Crippen LogP contribution in [0, 0.1) is 13.8 Å². The lowest BCUT2D eigenvalue weighted by Gasteiger charge is -2.11. The van der Waals surface area contributed by atoms with Crippen molar-refractivity contribution in [3.63, 3.8) is 0 Å². The van der Waals surface area contributed by atoms with Gasteiger partial charge in [-0.25, -0.2) is 19.9 Å². The number of para-hydroxylation sites is 2. The molecule has 61 heavy (non-hydrogen) atoms.